The van der Waals surface area contributed by atoms with Gasteiger partial charge in [-0.2, -0.15) is 0 Å². The number of hydrogen-bond donors (Lipinski definition) is 1. The first-order chi connectivity index (χ1) is 13.5. The fourth-order valence-corrected chi connectivity index (χ4v) is 2.84. The maximum absolute atomic E-state index is 12.6. The molecule has 28 heavy (non-hydrogen) atoms. The van der Waals surface area contributed by atoms with E-state index in [-0.39, 0.29) is 11.8 Å². The average molecular weight is 382 g/mol. The lowest BCUT2D eigenvalue weighted by molar-refractivity contribution is 0.0600. The van der Waals surface area contributed by atoms with E-state index in [1.165, 1.54) is 13.2 Å². The molecule has 0 aromatic heterocycles. The van der Waals surface area contributed by atoms with Crippen LogP contribution in [0.15, 0.2) is 48.5 Å². The zero-order valence-electron chi connectivity index (χ0n) is 16.5. The van der Waals surface area contributed by atoms with E-state index >= 15 is 0 Å². The Morgan fingerprint density at radius 2 is 1.50 bits per heavy atom. The van der Waals surface area contributed by atoms with Gasteiger partial charge in [-0.05, 0) is 55.3 Å². The summed E-state index contributed by atoms with van der Waals surface area (Å²) in [6.45, 7) is 5.54. The highest BCUT2D eigenvalue weighted by Gasteiger charge is 2.15. The van der Waals surface area contributed by atoms with E-state index in [4.69, 9.17) is 0 Å². The van der Waals surface area contributed by atoms with E-state index in [0.29, 0.717) is 22.4 Å². The molecular formula is C22H26N2O4. The summed E-state index contributed by atoms with van der Waals surface area (Å²) < 4.78 is 4.67. The first-order valence-electron chi connectivity index (χ1n) is 9.39. The Morgan fingerprint density at radius 1 is 0.893 bits per heavy atom. The second kappa shape index (κ2) is 10.3. The zero-order valence-corrected chi connectivity index (χ0v) is 16.5. The molecule has 0 unspecified atom stereocenters. The van der Waals surface area contributed by atoms with Crippen molar-refractivity contribution in [2.24, 2.45) is 0 Å². The number of rotatable bonds is 8. The van der Waals surface area contributed by atoms with Crippen molar-refractivity contribution in [1.29, 1.82) is 0 Å². The molecule has 148 valence electrons. The Morgan fingerprint density at radius 3 is 2.07 bits per heavy atom. The second-order valence-corrected chi connectivity index (χ2v) is 6.40. The zero-order chi connectivity index (χ0) is 20.5. The summed E-state index contributed by atoms with van der Waals surface area (Å²) in [5.74, 6) is -0.850. The average Bonchev–Trinajstić information content (AvgIpc) is 2.73. The predicted octanol–water partition coefficient (Wildman–Crippen LogP) is 3.99. The van der Waals surface area contributed by atoms with Crippen molar-refractivity contribution < 1.29 is 19.1 Å². The number of nitrogens with zero attached hydrogens (tertiary/aromatic N) is 1. The molecule has 2 amide bonds. The smallest absolute Gasteiger partial charge is 0.337 e. The molecule has 6 heteroatoms. The van der Waals surface area contributed by atoms with Gasteiger partial charge < -0.3 is 15.0 Å². The largest absolute Gasteiger partial charge is 0.465 e. The number of ether oxygens (including phenoxy) is 1. The number of methoxy groups -OCH3 is 1. The Labute approximate surface area is 165 Å². The molecule has 0 heterocycles. The molecule has 0 bridgehead atoms. The molecule has 0 radical (unpaired) electrons. The van der Waals surface area contributed by atoms with E-state index in [0.717, 1.165) is 25.9 Å². The molecule has 0 aliphatic rings. The van der Waals surface area contributed by atoms with Crippen molar-refractivity contribution in [3.63, 3.8) is 0 Å². The Balaban J connectivity index is 2.08. The van der Waals surface area contributed by atoms with E-state index in [9.17, 15) is 14.4 Å². The summed E-state index contributed by atoms with van der Waals surface area (Å²) in [4.78, 5) is 38.5. The SMILES string of the molecule is CCCN(CCC)C(=O)c1ccc(NC(=O)c2cccc(C(=O)OC)c2)cc1. The summed E-state index contributed by atoms with van der Waals surface area (Å²) in [6.07, 6.45) is 1.81. The summed E-state index contributed by atoms with van der Waals surface area (Å²) in [7, 11) is 1.29. The number of esters is 1. The van der Waals surface area contributed by atoms with Crippen LogP contribution in [-0.4, -0.2) is 42.9 Å². The molecular weight excluding hydrogens is 356 g/mol. The van der Waals surface area contributed by atoms with Gasteiger partial charge in [0, 0.05) is 29.9 Å². The van der Waals surface area contributed by atoms with E-state index in [2.05, 4.69) is 10.1 Å². The van der Waals surface area contributed by atoms with Crippen molar-refractivity contribution in [3.05, 3.63) is 65.2 Å². The standard InChI is InChI=1S/C22H26N2O4/c1-4-13-24(14-5-2)21(26)16-9-11-19(12-10-16)23-20(25)17-7-6-8-18(15-17)22(27)28-3/h6-12,15H,4-5,13-14H2,1-3H3,(H,23,25). The minimum Gasteiger partial charge on any atom is -0.465 e. The maximum Gasteiger partial charge on any atom is 0.337 e. The summed E-state index contributed by atoms with van der Waals surface area (Å²) in [5, 5.41) is 2.77. The van der Waals surface area contributed by atoms with Crippen LogP contribution < -0.4 is 5.32 Å². The van der Waals surface area contributed by atoms with Gasteiger partial charge in [0.15, 0.2) is 0 Å². The van der Waals surface area contributed by atoms with Gasteiger partial charge in [-0.15, -0.1) is 0 Å². The van der Waals surface area contributed by atoms with Crippen LogP contribution in [0.3, 0.4) is 0 Å². The lowest BCUT2D eigenvalue weighted by Gasteiger charge is -2.21. The number of carbonyl (C=O) groups excluding carboxylic acids is 3. The van der Waals surface area contributed by atoms with Crippen LogP contribution in [0, 0.1) is 0 Å². The highest BCUT2D eigenvalue weighted by atomic mass is 16.5. The van der Waals surface area contributed by atoms with Gasteiger partial charge in [-0.25, -0.2) is 4.79 Å². The quantitative estimate of drug-likeness (QED) is 0.701. The van der Waals surface area contributed by atoms with Crippen LogP contribution in [-0.2, 0) is 4.74 Å². The third-order valence-corrected chi connectivity index (χ3v) is 4.21. The Hall–Kier alpha value is -3.15. The molecule has 0 spiro atoms. The van der Waals surface area contributed by atoms with Crippen molar-refractivity contribution in [1.82, 2.24) is 4.90 Å². The Kier molecular flexibility index (Phi) is 7.75. The fourth-order valence-electron chi connectivity index (χ4n) is 2.84. The van der Waals surface area contributed by atoms with Gasteiger partial charge >= 0.3 is 5.97 Å². The topological polar surface area (TPSA) is 75.7 Å². The number of carbonyl (C=O) groups is 3. The number of benzene rings is 2. The van der Waals surface area contributed by atoms with Crippen LogP contribution in [0.25, 0.3) is 0 Å². The first-order valence-corrected chi connectivity index (χ1v) is 9.39. The van der Waals surface area contributed by atoms with Crippen LogP contribution in [0.5, 0.6) is 0 Å². The number of anilines is 1. The highest BCUT2D eigenvalue weighted by Crippen LogP contribution is 2.15. The third-order valence-electron chi connectivity index (χ3n) is 4.21. The van der Waals surface area contributed by atoms with E-state index in [1.807, 2.05) is 18.7 Å². The lowest BCUT2D eigenvalue weighted by Crippen LogP contribution is -2.32. The molecule has 2 aromatic carbocycles. The monoisotopic (exact) mass is 382 g/mol. The summed E-state index contributed by atoms with van der Waals surface area (Å²) in [5.41, 5.74) is 1.82. The van der Waals surface area contributed by atoms with Crippen LogP contribution in [0.4, 0.5) is 5.69 Å². The van der Waals surface area contributed by atoms with E-state index in [1.54, 1.807) is 42.5 Å². The normalized spacial score (nSPS) is 10.2. The second-order valence-electron chi connectivity index (χ2n) is 6.40. The van der Waals surface area contributed by atoms with Crippen molar-refractivity contribution in [2.75, 3.05) is 25.5 Å². The van der Waals surface area contributed by atoms with Crippen molar-refractivity contribution >= 4 is 23.5 Å². The van der Waals surface area contributed by atoms with Gasteiger partial charge in [-0.1, -0.05) is 19.9 Å². The van der Waals surface area contributed by atoms with Crippen LogP contribution in [0.1, 0.15) is 57.8 Å². The highest BCUT2D eigenvalue weighted by molar-refractivity contribution is 6.06. The molecule has 0 saturated carbocycles. The summed E-state index contributed by atoms with van der Waals surface area (Å²) >= 11 is 0. The fraction of sp³-hybridized carbons (Fsp3) is 0.318. The minimum absolute atomic E-state index is 0.00708. The molecule has 6 nitrogen and oxygen atoms in total. The minimum atomic E-state index is -0.499. The number of hydrogen-bond acceptors (Lipinski definition) is 4. The molecule has 1 N–H and O–H groups in total. The molecule has 0 aliphatic heterocycles. The van der Waals surface area contributed by atoms with Gasteiger partial charge in [0.2, 0.25) is 0 Å². The van der Waals surface area contributed by atoms with Gasteiger partial charge in [-0.3, -0.25) is 9.59 Å². The first kappa shape index (κ1) is 21.2. The molecule has 0 fully saturated rings. The van der Waals surface area contributed by atoms with Gasteiger partial charge in [0.25, 0.3) is 11.8 Å². The maximum atomic E-state index is 12.6. The molecule has 2 aromatic rings. The summed E-state index contributed by atoms with van der Waals surface area (Å²) in [6, 6.07) is 13.1. The van der Waals surface area contributed by atoms with Gasteiger partial charge in [0.1, 0.15) is 0 Å². The molecule has 0 saturated heterocycles. The van der Waals surface area contributed by atoms with Gasteiger partial charge in [0.05, 0.1) is 12.7 Å². The lowest BCUT2D eigenvalue weighted by atomic mass is 10.1. The molecule has 2 rings (SSSR count). The van der Waals surface area contributed by atoms with Crippen molar-refractivity contribution in [3.8, 4) is 0 Å². The Bertz CT molecular complexity index is 825. The van der Waals surface area contributed by atoms with Crippen LogP contribution >= 0.6 is 0 Å². The predicted molar refractivity (Wildman–Crippen MR) is 109 cm³/mol. The van der Waals surface area contributed by atoms with E-state index < -0.39 is 5.97 Å². The molecule has 0 aliphatic carbocycles. The van der Waals surface area contributed by atoms with Crippen molar-refractivity contribution in [2.45, 2.75) is 26.7 Å². The van der Waals surface area contributed by atoms with Crippen LogP contribution in [0.2, 0.25) is 0 Å². The number of amides is 2. The third kappa shape index (κ3) is 5.42. The molecule has 0 atom stereocenters. The number of nitrogens with one attached hydrogen (secondary N) is 1.